The van der Waals surface area contributed by atoms with Crippen molar-refractivity contribution in [2.45, 2.75) is 46.1 Å². The average Bonchev–Trinajstić information content (AvgIpc) is 2.93. The standard InChI is InChI=1S/C19H27NO/c1-3-19(4-2)12-13-20(16-19)15-18-10-8-17(9-11-18)7-5-6-14-21/h8-11,21H,3-4,6,12-16H2,1-2H3. The number of benzene rings is 1. The van der Waals surface area contributed by atoms with E-state index >= 15 is 0 Å². The second-order valence-corrected chi connectivity index (χ2v) is 6.14. The molecule has 2 nitrogen and oxygen atoms in total. The summed E-state index contributed by atoms with van der Waals surface area (Å²) >= 11 is 0. The van der Waals surface area contributed by atoms with Gasteiger partial charge in [0.25, 0.3) is 0 Å². The van der Waals surface area contributed by atoms with E-state index in [2.05, 4.69) is 54.9 Å². The van der Waals surface area contributed by atoms with E-state index < -0.39 is 0 Å². The van der Waals surface area contributed by atoms with Crippen molar-refractivity contribution < 1.29 is 5.11 Å². The van der Waals surface area contributed by atoms with Crippen LogP contribution in [0.1, 0.15) is 50.7 Å². The van der Waals surface area contributed by atoms with Crippen LogP contribution in [-0.4, -0.2) is 29.7 Å². The predicted molar refractivity (Wildman–Crippen MR) is 87.9 cm³/mol. The zero-order valence-corrected chi connectivity index (χ0v) is 13.4. The summed E-state index contributed by atoms with van der Waals surface area (Å²) in [5.74, 6) is 6.03. The minimum absolute atomic E-state index is 0.136. The topological polar surface area (TPSA) is 23.5 Å². The molecule has 1 aliphatic rings. The van der Waals surface area contributed by atoms with Crippen LogP contribution in [0.3, 0.4) is 0 Å². The summed E-state index contributed by atoms with van der Waals surface area (Å²) in [6.07, 6.45) is 4.47. The van der Waals surface area contributed by atoms with E-state index in [1.54, 1.807) is 0 Å². The molecule has 1 N–H and O–H groups in total. The van der Waals surface area contributed by atoms with Gasteiger partial charge in [0, 0.05) is 25.1 Å². The molecule has 1 fully saturated rings. The van der Waals surface area contributed by atoms with E-state index in [9.17, 15) is 0 Å². The van der Waals surface area contributed by atoms with E-state index in [4.69, 9.17) is 5.11 Å². The maximum Gasteiger partial charge on any atom is 0.0540 e. The van der Waals surface area contributed by atoms with E-state index in [-0.39, 0.29) is 6.61 Å². The van der Waals surface area contributed by atoms with Crippen molar-refractivity contribution >= 4 is 0 Å². The lowest BCUT2D eigenvalue weighted by Crippen LogP contribution is -2.26. The Hall–Kier alpha value is -1.30. The first-order chi connectivity index (χ1) is 10.2. The van der Waals surface area contributed by atoms with Gasteiger partial charge in [-0.25, -0.2) is 0 Å². The Morgan fingerprint density at radius 1 is 1.19 bits per heavy atom. The Kier molecular flexibility index (Phi) is 5.85. The molecule has 0 aliphatic carbocycles. The normalized spacial score (nSPS) is 17.5. The van der Waals surface area contributed by atoms with Gasteiger partial charge in [-0.15, -0.1) is 0 Å². The van der Waals surface area contributed by atoms with Gasteiger partial charge in [0.15, 0.2) is 0 Å². The molecular weight excluding hydrogens is 258 g/mol. The van der Waals surface area contributed by atoms with Crippen LogP contribution in [0.5, 0.6) is 0 Å². The van der Waals surface area contributed by atoms with E-state index in [1.165, 1.54) is 37.9 Å². The number of hydrogen-bond acceptors (Lipinski definition) is 2. The summed E-state index contributed by atoms with van der Waals surface area (Å²) in [6, 6.07) is 8.53. The second kappa shape index (κ2) is 7.64. The number of hydrogen-bond donors (Lipinski definition) is 1. The molecule has 0 spiro atoms. The highest BCUT2D eigenvalue weighted by Gasteiger charge is 2.34. The molecule has 0 aromatic heterocycles. The molecule has 0 saturated carbocycles. The molecule has 0 amide bonds. The Morgan fingerprint density at radius 3 is 2.48 bits per heavy atom. The summed E-state index contributed by atoms with van der Waals surface area (Å²) in [5.41, 5.74) is 2.95. The fourth-order valence-electron chi connectivity index (χ4n) is 3.16. The predicted octanol–water partition coefficient (Wildman–Crippen LogP) is 3.43. The highest BCUT2D eigenvalue weighted by Crippen LogP contribution is 2.37. The van der Waals surface area contributed by atoms with E-state index in [1.807, 2.05) is 0 Å². The highest BCUT2D eigenvalue weighted by molar-refractivity contribution is 5.36. The average molecular weight is 285 g/mol. The molecule has 0 bridgehead atoms. The number of likely N-dealkylation sites (tertiary alicyclic amines) is 1. The number of rotatable bonds is 5. The first-order valence-corrected chi connectivity index (χ1v) is 8.12. The van der Waals surface area contributed by atoms with Crippen molar-refractivity contribution in [2.24, 2.45) is 5.41 Å². The molecule has 2 heteroatoms. The molecule has 2 rings (SSSR count). The van der Waals surface area contributed by atoms with Crippen LogP contribution in [0, 0.1) is 17.3 Å². The number of nitrogens with zero attached hydrogens (tertiary/aromatic N) is 1. The molecular formula is C19H27NO. The van der Waals surface area contributed by atoms with Crippen LogP contribution >= 0.6 is 0 Å². The smallest absolute Gasteiger partial charge is 0.0540 e. The Balaban J connectivity index is 1.91. The Labute approximate surface area is 129 Å². The molecule has 1 aromatic carbocycles. The van der Waals surface area contributed by atoms with Crippen LogP contribution in [0.15, 0.2) is 24.3 Å². The SMILES string of the molecule is CCC1(CC)CCN(Cc2ccc(C#CCCO)cc2)C1. The molecule has 21 heavy (non-hydrogen) atoms. The summed E-state index contributed by atoms with van der Waals surface area (Å²) in [6.45, 7) is 8.29. The summed E-state index contributed by atoms with van der Waals surface area (Å²) in [5, 5.41) is 8.72. The first kappa shape index (κ1) is 16.1. The van der Waals surface area contributed by atoms with Gasteiger partial charge in [-0.1, -0.05) is 37.8 Å². The van der Waals surface area contributed by atoms with E-state index in [0.717, 1.165) is 12.1 Å². The summed E-state index contributed by atoms with van der Waals surface area (Å²) in [4.78, 5) is 2.58. The van der Waals surface area contributed by atoms with Crippen LogP contribution in [0.25, 0.3) is 0 Å². The van der Waals surface area contributed by atoms with Crippen LogP contribution < -0.4 is 0 Å². The zero-order chi connectivity index (χ0) is 15.1. The summed E-state index contributed by atoms with van der Waals surface area (Å²) < 4.78 is 0. The van der Waals surface area contributed by atoms with Gasteiger partial charge >= 0.3 is 0 Å². The van der Waals surface area contributed by atoms with Gasteiger partial charge < -0.3 is 5.11 Å². The van der Waals surface area contributed by atoms with Gasteiger partial charge in [-0.05, 0) is 48.9 Å². The van der Waals surface area contributed by atoms with Crippen LogP contribution in [-0.2, 0) is 6.54 Å². The van der Waals surface area contributed by atoms with Crippen molar-refractivity contribution in [1.29, 1.82) is 0 Å². The minimum atomic E-state index is 0.136. The zero-order valence-electron chi connectivity index (χ0n) is 13.4. The van der Waals surface area contributed by atoms with Crippen LogP contribution in [0.4, 0.5) is 0 Å². The number of aliphatic hydroxyl groups excluding tert-OH is 1. The fraction of sp³-hybridized carbons (Fsp3) is 0.579. The third kappa shape index (κ3) is 4.33. The maximum atomic E-state index is 8.72. The third-order valence-electron chi connectivity index (χ3n) is 4.85. The monoisotopic (exact) mass is 285 g/mol. The van der Waals surface area contributed by atoms with Crippen LogP contribution in [0.2, 0.25) is 0 Å². The Morgan fingerprint density at radius 2 is 1.90 bits per heavy atom. The van der Waals surface area contributed by atoms with Gasteiger partial charge in [-0.2, -0.15) is 0 Å². The quantitative estimate of drug-likeness (QED) is 0.838. The maximum absolute atomic E-state index is 8.72. The lowest BCUT2D eigenvalue weighted by molar-refractivity contribution is 0.236. The Bertz CT molecular complexity index is 491. The van der Waals surface area contributed by atoms with Gasteiger partial charge in [0.2, 0.25) is 0 Å². The molecule has 0 radical (unpaired) electrons. The van der Waals surface area contributed by atoms with Gasteiger partial charge in [0.1, 0.15) is 0 Å². The summed E-state index contributed by atoms with van der Waals surface area (Å²) in [7, 11) is 0. The van der Waals surface area contributed by atoms with E-state index in [0.29, 0.717) is 11.8 Å². The molecule has 114 valence electrons. The largest absolute Gasteiger partial charge is 0.395 e. The van der Waals surface area contributed by atoms with Crippen molar-refractivity contribution in [3.63, 3.8) is 0 Å². The molecule has 0 unspecified atom stereocenters. The lowest BCUT2D eigenvalue weighted by atomic mass is 9.82. The van der Waals surface area contributed by atoms with Crippen molar-refractivity contribution in [1.82, 2.24) is 4.90 Å². The molecule has 1 heterocycles. The third-order valence-corrected chi connectivity index (χ3v) is 4.85. The van der Waals surface area contributed by atoms with Crippen molar-refractivity contribution in [3.05, 3.63) is 35.4 Å². The van der Waals surface area contributed by atoms with Crippen molar-refractivity contribution in [3.8, 4) is 11.8 Å². The second-order valence-electron chi connectivity index (χ2n) is 6.14. The first-order valence-electron chi connectivity index (χ1n) is 8.12. The molecule has 1 aromatic rings. The highest BCUT2D eigenvalue weighted by atomic mass is 16.2. The van der Waals surface area contributed by atoms with Gasteiger partial charge in [0.05, 0.1) is 6.61 Å². The van der Waals surface area contributed by atoms with Gasteiger partial charge in [-0.3, -0.25) is 4.90 Å². The minimum Gasteiger partial charge on any atom is -0.395 e. The molecule has 0 atom stereocenters. The molecule has 1 aliphatic heterocycles. The number of aliphatic hydroxyl groups is 1. The molecule has 1 saturated heterocycles. The lowest BCUT2D eigenvalue weighted by Gasteiger charge is -2.26. The van der Waals surface area contributed by atoms with Crippen molar-refractivity contribution in [2.75, 3.05) is 19.7 Å². The fourth-order valence-corrected chi connectivity index (χ4v) is 3.16.